The van der Waals surface area contributed by atoms with Crippen LogP contribution in [0, 0.1) is 5.41 Å². The van der Waals surface area contributed by atoms with Crippen LogP contribution < -0.4 is 4.74 Å². The van der Waals surface area contributed by atoms with Gasteiger partial charge in [-0.15, -0.1) is 0 Å². The molecule has 7 heteroatoms. The van der Waals surface area contributed by atoms with Gasteiger partial charge in [-0.25, -0.2) is 8.42 Å². The zero-order chi connectivity index (χ0) is 19.6. The van der Waals surface area contributed by atoms with Gasteiger partial charge in [-0.1, -0.05) is 19.1 Å². The van der Waals surface area contributed by atoms with Crippen LogP contribution in [0.5, 0.6) is 5.75 Å². The highest BCUT2D eigenvalue weighted by atomic mass is 32.2. The Labute approximate surface area is 167 Å². The van der Waals surface area contributed by atoms with E-state index in [4.69, 9.17) is 4.74 Å². The first-order chi connectivity index (χ1) is 13.5. The lowest BCUT2D eigenvalue weighted by molar-refractivity contribution is 0.0333. The molecule has 0 amide bonds. The molecule has 1 aromatic carbocycles. The Morgan fingerprint density at radius 1 is 1.11 bits per heavy atom. The zero-order valence-electron chi connectivity index (χ0n) is 16.3. The highest BCUT2D eigenvalue weighted by Crippen LogP contribution is 2.39. The third-order valence-electron chi connectivity index (χ3n) is 5.94. The molecule has 4 rings (SSSR count). The smallest absolute Gasteiger partial charge is 0.246 e. The molecule has 0 bridgehead atoms. The van der Waals surface area contributed by atoms with Crippen LogP contribution in [-0.2, 0) is 16.6 Å². The maximum absolute atomic E-state index is 13.2. The number of fused-ring (bicyclic) bond motifs is 1. The van der Waals surface area contributed by atoms with E-state index in [2.05, 4.69) is 9.88 Å². The quantitative estimate of drug-likeness (QED) is 0.791. The summed E-state index contributed by atoms with van der Waals surface area (Å²) in [5, 5.41) is 0. The Bertz CT molecular complexity index is 910. The van der Waals surface area contributed by atoms with Crippen molar-refractivity contribution in [2.24, 2.45) is 5.41 Å². The molecule has 0 atom stereocenters. The van der Waals surface area contributed by atoms with E-state index in [1.807, 2.05) is 37.5 Å². The summed E-state index contributed by atoms with van der Waals surface area (Å²) < 4.78 is 34.0. The SMILES string of the molecule is CCN1CC2(CCN(Cc3ccncc3)CC2)COc2ccccc2S1(=O)=O. The van der Waals surface area contributed by atoms with Crippen molar-refractivity contribution in [2.75, 3.05) is 32.8 Å². The lowest BCUT2D eigenvalue weighted by atomic mass is 9.78. The number of piperidine rings is 1. The number of para-hydroxylation sites is 1. The Kier molecular flexibility index (Phi) is 5.40. The van der Waals surface area contributed by atoms with Crippen LogP contribution in [0.2, 0.25) is 0 Å². The molecule has 0 unspecified atom stereocenters. The summed E-state index contributed by atoms with van der Waals surface area (Å²) in [4.78, 5) is 6.79. The monoisotopic (exact) mass is 401 g/mol. The average molecular weight is 402 g/mol. The molecule has 0 N–H and O–H groups in total. The topological polar surface area (TPSA) is 62.7 Å². The molecule has 28 heavy (non-hydrogen) atoms. The van der Waals surface area contributed by atoms with Gasteiger partial charge in [0, 0.05) is 37.4 Å². The Morgan fingerprint density at radius 3 is 2.54 bits per heavy atom. The molecule has 2 aromatic rings. The van der Waals surface area contributed by atoms with Crippen molar-refractivity contribution in [3.05, 3.63) is 54.4 Å². The van der Waals surface area contributed by atoms with Crippen LogP contribution in [0.15, 0.2) is 53.7 Å². The average Bonchev–Trinajstić information content (AvgIpc) is 2.72. The van der Waals surface area contributed by atoms with Crippen LogP contribution in [-0.4, -0.2) is 55.4 Å². The largest absolute Gasteiger partial charge is 0.492 e. The van der Waals surface area contributed by atoms with E-state index < -0.39 is 10.0 Å². The summed E-state index contributed by atoms with van der Waals surface area (Å²) in [7, 11) is -3.54. The molecule has 0 radical (unpaired) electrons. The number of hydrogen-bond donors (Lipinski definition) is 0. The molecule has 150 valence electrons. The molecular formula is C21H27N3O3S. The van der Waals surface area contributed by atoms with Gasteiger partial charge < -0.3 is 4.74 Å². The number of nitrogens with zero attached hydrogens (tertiary/aromatic N) is 3. The first-order valence-electron chi connectivity index (χ1n) is 9.86. The predicted octanol–water partition coefficient (Wildman–Crippen LogP) is 2.77. The molecule has 1 spiro atoms. The summed E-state index contributed by atoms with van der Waals surface area (Å²) in [6, 6.07) is 11.1. The minimum atomic E-state index is -3.54. The molecule has 0 saturated carbocycles. The maximum atomic E-state index is 13.2. The van der Waals surface area contributed by atoms with E-state index in [0.717, 1.165) is 32.5 Å². The van der Waals surface area contributed by atoms with Gasteiger partial charge in [0.1, 0.15) is 10.6 Å². The number of hydrogen-bond acceptors (Lipinski definition) is 5. The van der Waals surface area contributed by atoms with Crippen molar-refractivity contribution in [3.63, 3.8) is 0 Å². The zero-order valence-corrected chi connectivity index (χ0v) is 17.1. The number of sulfonamides is 1. The molecule has 1 saturated heterocycles. The Balaban J connectivity index is 1.53. The standard InChI is InChI=1S/C21H27N3O3S/c1-2-24-16-21(17-27-19-5-3-4-6-20(19)28(24,25)26)9-13-23(14-10-21)15-18-7-11-22-12-8-18/h3-8,11-12H,2,9-10,13-17H2,1H3. The van der Waals surface area contributed by atoms with Crippen LogP contribution in [0.4, 0.5) is 0 Å². The Hall–Kier alpha value is -1.96. The van der Waals surface area contributed by atoms with Gasteiger partial charge >= 0.3 is 0 Å². The van der Waals surface area contributed by atoms with Crippen molar-refractivity contribution in [3.8, 4) is 5.75 Å². The van der Waals surface area contributed by atoms with E-state index in [0.29, 0.717) is 25.4 Å². The first kappa shape index (κ1) is 19.4. The highest BCUT2D eigenvalue weighted by Gasteiger charge is 2.42. The van der Waals surface area contributed by atoms with Crippen molar-refractivity contribution in [2.45, 2.75) is 31.2 Å². The number of rotatable bonds is 3. The van der Waals surface area contributed by atoms with Crippen LogP contribution >= 0.6 is 0 Å². The van der Waals surface area contributed by atoms with E-state index in [-0.39, 0.29) is 10.3 Å². The lowest BCUT2D eigenvalue weighted by Crippen LogP contribution is -2.51. The number of ether oxygens (including phenoxy) is 1. The summed E-state index contributed by atoms with van der Waals surface area (Å²) in [5.74, 6) is 0.472. The third kappa shape index (κ3) is 3.79. The molecule has 3 heterocycles. The van der Waals surface area contributed by atoms with E-state index >= 15 is 0 Å². The molecule has 2 aliphatic heterocycles. The van der Waals surface area contributed by atoms with Crippen LogP contribution in [0.25, 0.3) is 0 Å². The fourth-order valence-electron chi connectivity index (χ4n) is 4.17. The summed E-state index contributed by atoms with van der Waals surface area (Å²) in [6.07, 6.45) is 5.49. The fourth-order valence-corrected chi connectivity index (χ4v) is 5.87. The van der Waals surface area contributed by atoms with Gasteiger partial charge in [0.15, 0.2) is 0 Å². The van der Waals surface area contributed by atoms with Gasteiger partial charge in [-0.05, 0) is 55.8 Å². The summed E-state index contributed by atoms with van der Waals surface area (Å²) in [6.45, 7) is 6.23. The van der Waals surface area contributed by atoms with Crippen molar-refractivity contribution >= 4 is 10.0 Å². The van der Waals surface area contributed by atoms with Crippen molar-refractivity contribution in [1.29, 1.82) is 0 Å². The van der Waals surface area contributed by atoms with E-state index in [1.165, 1.54) is 5.56 Å². The minimum absolute atomic E-state index is 0.147. The summed E-state index contributed by atoms with van der Waals surface area (Å²) in [5.41, 5.74) is 1.11. The maximum Gasteiger partial charge on any atom is 0.246 e. The van der Waals surface area contributed by atoms with Gasteiger partial charge in [0.05, 0.1) is 6.61 Å². The second-order valence-corrected chi connectivity index (χ2v) is 9.70. The predicted molar refractivity (Wildman–Crippen MR) is 108 cm³/mol. The minimum Gasteiger partial charge on any atom is -0.492 e. The Morgan fingerprint density at radius 2 is 1.82 bits per heavy atom. The van der Waals surface area contributed by atoms with Gasteiger partial charge in [-0.2, -0.15) is 4.31 Å². The van der Waals surface area contributed by atoms with Gasteiger partial charge in [-0.3, -0.25) is 9.88 Å². The second kappa shape index (κ2) is 7.81. The number of pyridine rings is 1. The van der Waals surface area contributed by atoms with Crippen molar-refractivity contribution < 1.29 is 13.2 Å². The van der Waals surface area contributed by atoms with Gasteiger partial charge in [0.25, 0.3) is 0 Å². The first-order valence-corrected chi connectivity index (χ1v) is 11.3. The molecule has 6 nitrogen and oxygen atoms in total. The highest BCUT2D eigenvalue weighted by molar-refractivity contribution is 7.89. The normalized spacial score (nSPS) is 22.0. The van der Waals surface area contributed by atoms with Crippen molar-refractivity contribution in [1.82, 2.24) is 14.2 Å². The molecular weight excluding hydrogens is 374 g/mol. The van der Waals surface area contributed by atoms with Crippen LogP contribution in [0.1, 0.15) is 25.3 Å². The van der Waals surface area contributed by atoms with E-state index in [1.54, 1.807) is 22.5 Å². The van der Waals surface area contributed by atoms with E-state index in [9.17, 15) is 8.42 Å². The molecule has 1 fully saturated rings. The number of likely N-dealkylation sites (tertiary alicyclic amines) is 1. The third-order valence-corrected chi connectivity index (χ3v) is 7.90. The van der Waals surface area contributed by atoms with Crippen LogP contribution in [0.3, 0.4) is 0 Å². The number of aromatic nitrogens is 1. The molecule has 2 aliphatic rings. The number of benzene rings is 1. The summed E-state index contributed by atoms with van der Waals surface area (Å²) >= 11 is 0. The fraction of sp³-hybridized carbons (Fsp3) is 0.476. The molecule has 1 aromatic heterocycles. The molecule has 0 aliphatic carbocycles. The van der Waals surface area contributed by atoms with Gasteiger partial charge in [0.2, 0.25) is 10.0 Å². The second-order valence-electron chi connectivity index (χ2n) is 7.80. The lowest BCUT2D eigenvalue weighted by Gasteiger charge is -2.44.